The summed E-state index contributed by atoms with van der Waals surface area (Å²) < 4.78 is 0. The van der Waals surface area contributed by atoms with Gasteiger partial charge in [0.2, 0.25) is 0 Å². The van der Waals surface area contributed by atoms with Crippen LogP contribution in [-0.4, -0.2) is 71.8 Å². The van der Waals surface area contributed by atoms with E-state index in [-0.39, 0.29) is 88.8 Å². The zero-order valence-corrected chi connectivity index (χ0v) is 1.46. The summed E-state index contributed by atoms with van der Waals surface area (Å²) in [5, 5.41) is 0. The molecule has 0 aliphatic rings. The first-order valence-electron chi connectivity index (χ1n) is 0. The molecule has 0 atom stereocenters. The zero-order valence-electron chi connectivity index (χ0n) is 0.354. The van der Waals surface area contributed by atoms with Crippen LogP contribution in [0.3, 0.4) is 0 Å². The molecule has 4 heteroatoms. The Bertz CT molecular complexity index is 8.00. The summed E-state index contributed by atoms with van der Waals surface area (Å²) in [6, 6.07) is 0. The van der Waals surface area contributed by atoms with Crippen molar-refractivity contribution in [3.05, 3.63) is 0 Å². The number of hydrogen-bond acceptors (Lipinski definition) is 0. The van der Waals surface area contributed by atoms with Gasteiger partial charge in [0.1, 0.15) is 0 Å². The second-order valence-corrected chi connectivity index (χ2v) is 0. The van der Waals surface area contributed by atoms with Crippen LogP contribution in [0, 0.1) is 0 Å². The molecule has 0 aromatic carbocycles. The molecule has 0 aromatic heterocycles. The molecule has 0 unspecified atom stereocenters. The fourth-order valence-electron chi connectivity index (χ4n) is 0. The van der Waals surface area contributed by atoms with Crippen LogP contribution in [0.2, 0.25) is 0 Å². The molecule has 0 saturated carbocycles. The van der Waals surface area contributed by atoms with E-state index in [1.807, 2.05) is 0 Å². The van der Waals surface area contributed by atoms with Crippen LogP contribution >= 0.6 is 0 Å². The monoisotopic (exact) mass is 156 g/mol. The summed E-state index contributed by atoms with van der Waals surface area (Å²) in [6.07, 6.45) is 0. The first kappa shape index (κ1) is 29.4. The molecule has 0 aromatic rings. The molecule has 4 heavy (non-hydrogen) atoms. The molecule has 0 N–H and O–H groups in total. The Balaban J connectivity index is 0. The summed E-state index contributed by atoms with van der Waals surface area (Å²) in [6.45, 7) is 0. The van der Waals surface area contributed by atoms with E-state index in [1.165, 1.54) is 0 Å². The Morgan fingerprint density at radius 1 is 1.00 bits per heavy atom. The normalized spacial score (nSPS) is 0. The molecule has 0 radical (unpaired) electrons. The Kier molecular flexibility index (Phi) is 126. The van der Waals surface area contributed by atoms with Crippen molar-refractivity contribution in [2.45, 2.75) is 0 Å². The van der Waals surface area contributed by atoms with Crippen molar-refractivity contribution in [3.63, 3.8) is 0 Å². The molecular formula is H8CaFeMgSi. The van der Waals surface area contributed by atoms with Crippen molar-refractivity contribution in [1.29, 1.82) is 0 Å². The van der Waals surface area contributed by atoms with Crippen LogP contribution in [0.25, 0.3) is 0 Å². The van der Waals surface area contributed by atoms with Crippen molar-refractivity contribution < 1.29 is 17.1 Å². The van der Waals surface area contributed by atoms with Gasteiger partial charge >= 0.3 is 60.8 Å². The van der Waals surface area contributed by atoms with Gasteiger partial charge in [-0.25, -0.2) is 0 Å². The smallest absolute Gasteiger partial charge is 0.0149 e. The van der Waals surface area contributed by atoms with Crippen LogP contribution < -0.4 is 0 Å². The minimum atomic E-state index is 0. The van der Waals surface area contributed by atoms with Gasteiger partial charge in [-0.05, 0) is 11.0 Å². The Hall–Kier alpha value is 2.76. The summed E-state index contributed by atoms with van der Waals surface area (Å²) in [5.41, 5.74) is 0. The SMILES string of the molecule is [CaH2].[Fe].[MgH2].[SiH4]. The minimum Gasteiger partial charge on any atom is -0.0149 e. The number of rotatable bonds is 0. The maximum Gasteiger partial charge on any atom is 0.316 e. The standard InChI is InChI=1S/Ca.Fe.Mg.H4Si.4H/h;;;1H4;;;;. The molecule has 24 valence electrons. The largest absolute Gasteiger partial charge is 0.316 e. The first-order chi connectivity index (χ1) is 0. The van der Waals surface area contributed by atoms with Crippen molar-refractivity contribution in [2.75, 3.05) is 0 Å². The quantitative estimate of drug-likeness (QED) is 0.323. The van der Waals surface area contributed by atoms with E-state index in [1.54, 1.807) is 0 Å². The molecule has 0 amide bonds. The van der Waals surface area contributed by atoms with Gasteiger partial charge in [-0.1, -0.05) is 0 Å². The summed E-state index contributed by atoms with van der Waals surface area (Å²) in [7, 11) is 0. The van der Waals surface area contributed by atoms with Crippen LogP contribution in [0.15, 0.2) is 0 Å². The molecule has 0 spiro atoms. The van der Waals surface area contributed by atoms with E-state index >= 15 is 0 Å². The van der Waals surface area contributed by atoms with E-state index in [2.05, 4.69) is 0 Å². The zero-order chi connectivity index (χ0) is 0. The van der Waals surface area contributed by atoms with Gasteiger partial charge in [0.15, 0.2) is 0 Å². The molecule has 0 bridgehead atoms. The summed E-state index contributed by atoms with van der Waals surface area (Å²) >= 11 is 0. The molecule has 0 aliphatic carbocycles. The van der Waals surface area contributed by atoms with E-state index < -0.39 is 0 Å². The third kappa shape index (κ3) is 8.83. The van der Waals surface area contributed by atoms with E-state index in [0.717, 1.165) is 0 Å². The molecule has 0 saturated heterocycles. The summed E-state index contributed by atoms with van der Waals surface area (Å²) in [4.78, 5) is 0. The molecule has 0 nitrogen and oxygen atoms in total. The van der Waals surface area contributed by atoms with Crippen molar-refractivity contribution in [2.24, 2.45) is 0 Å². The van der Waals surface area contributed by atoms with Gasteiger partial charge in [-0.3, -0.25) is 0 Å². The average Bonchev–Trinajstić information content (AvgIpc) is 0. The molecule has 0 rings (SSSR count). The fourth-order valence-corrected chi connectivity index (χ4v) is 0. The maximum absolute atomic E-state index is 0. The Labute approximate surface area is 87.1 Å². The van der Waals surface area contributed by atoms with Crippen molar-refractivity contribution in [3.8, 4) is 0 Å². The van der Waals surface area contributed by atoms with Gasteiger partial charge in [0.05, 0.1) is 0 Å². The van der Waals surface area contributed by atoms with E-state index in [0.29, 0.717) is 0 Å². The molecule has 0 fully saturated rings. The van der Waals surface area contributed by atoms with Crippen LogP contribution in [0.4, 0.5) is 0 Å². The van der Waals surface area contributed by atoms with Crippen LogP contribution in [0.5, 0.6) is 0 Å². The van der Waals surface area contributed by atoms with Crippen molar-refractivity contribution >= 4 is 71.8 Å². The van der Waals surface area contributed by atoms with E-state index in [4.69, 9.17) is 0 Å². The molecule has 0 aliphatic heterocycles. The van der Waals surface area contributed by atoms with E-state index in [9.17, 15) is 0 Å². The van der Waals surface area contributed by atoms with Gasteiger partial charge in [0.25, 0.3) is 0 Å². The minimum absolute atomic E-state index is 0. The maximum atomic E-state index is 0. The predicted molar refractivity (Wildman–Crippen MR) is 28.4 cm³/mol. The average molecular weight is 156 g/mol. The Morgan fingerprint density at radius 3 is 1.00 bits per heavy atom. The second-order valence-electron chi connectivity index (χ2n) is 0. The topological polar surface area (TPSA) is 0 Å². The third-order valence-electron chi connectivity index (χ3n) is 0. The van der Waals surface area contributed by atoms with Crippen LogP contribution in [-0.2, 0) is 17.1 Å². The van der Waals surface area contributed by atoms with Gasteiger partial charge in [-0.2, -0.15) is 0 Å². The fraction of sp³-hybridized carbons (Fsp3) is 0. The Morgan fingerprint density at radius 2 is 1.00 bits per heavy atom. The first-order valence-corrected chi connectivity index (χ1v) is 0. The predicted octanol–water partition coefficient (Wildman–Crippen LogP) is -3.29. The summed E-state index contributed by atoms with van der Waals surface area (Å²) in [5.74, 6) is 0. The second kappa shape index (κ2) is 17.1. The van der Waals surface area contributed by atoms with Crippen molar-refractivity contribution in [1.82, 2.24) is 0 Å². The number of hydrogen-bond donors (Lipinski definition) is 0. The van der Waals surface area contributed by atoms with Gasteiger partial charge < -0.3 is 0 Å². The van der Waals surface area contributed by atoms with Gasteiger partial charge in [0, 0.05) is 17.1 Å². The van der Waals surface area contributed by atoms with Gasteiger partial charge in [-0.15, -0.1) is 0 Å². The molecule has 0 heterocycles. The van der Waals surface area contributed by atoms with Crippen LogP contribution in [0.1, 0.15) is 0 Å². The molecular weight excluding hydrogens is 148 g/mol. The third-order valence-corrected chi connectivity index (χ3v) is 0.